The average Bonchev–Trinajstić information content (AvgIpc) is 3.39. The van der Waals surface area contributed by atoms with E-state index in [9.17, 15) is 14.4 Å². The molecule has 0 saturated carbocycles. The number of nitrogens with one attached hydrogen (secondary N) is 1. The van der Waals surface area contributed by atoms with E-state index in [2.05, 4.69) is 5.32 Å². The molecule has 1 aliphatic heterocycles. The fourth-order valence-corrected chi connectivity index (χ4v) is 3.62. The number of thiophene rings is 1. The van der Waals surface area contributed by atoms with Crippen LogP contribution in [0, 0.1) is 5.92 Å². The number of nitrogens with zero attached hydrogens (tertiary/aromatic N) is 1. The second-order valence-electron chi connectivity index (χ2n) is 6.42. The maximum atomic E-state index is 12.3. The molecule has 0 aromatic carbocycles. The van der Waals surface area contributed by atoms with Gasteiger partial charge in [-0.2, -0.15) is 0 Å². The van der Waals surface area contributed by atoms with Crippen molar-refractivity contribution in [3.63, 3.8) is 0 Å². The summed E-state index contributed by atoms with van der Waals surface area (Å²) in [5.74, 6) is -0.422. The van der Waals surface area contributed by atoms with Gasteiger partial charge in [0.2, 0.25) is 0 Å². The average molecular weight is 390 g/mol. The Balaban J connectivity index is 1.42. The van der Waals surface area contributed by atoms with E-state index in [0.29, 0.717) is 36.6 Å². The van der Waals surface area contributed by atoms with Gasteiger partial charge in [-0.25, -0.2) is 0 Å². The molecule has 2 aromatic rings. The van der Waals surface area contributed by atoms with Gasteiger partial charge in [0, 0.05) is 13.1 Å². The van der Waals surface area contributed by atoms with Crippen LogP contribution in [0.25, 0.3) is 0 Å². The van der Waals surface area contributed by atoms with Gasteiger partial charge in [-0.05, 0) is 43.3 Å². The fraction of sp³-hybridized carbons (Fsp3) is 0.421. The molecule has 1 saturated heterocycles. The molecule has 8 heteroatoms. The standard InChI is InChI=1S/C19H22N2O5S/c1-13(17(22)20-12-15-4-2-10-25-15)26-19(24)14-6-8-21(9-7-14)18(23)16-5-3-11-27-16/h2-5,10-11,13-14H,6-9,12H2,1H3,(H,20,22)/t13-/m1/s1. The maximum absolute atomic E-state index is 12.3. The lowest BCUT2D eigenvalue weighted by Crippen LogP contribution is -2.42. The molecule has 7 nitrogen and oxygen atoms in total. The number of likely N-dealkylation sites (tertiary alicyclic amines) is 1. The van der Waals surface area contributed by atoms with Crippen molar-refractivity contribution in [1.29, 1.82) is 0 Å². The maximum Gasteiger partial charge on any atom is 0.309 e. The van der Waals surface area contributed by atoms with Gasteiger partial charge in [-0.15, -0.1) is 11.3 Å². The predicted octanol–water partition coefficient (Wildman–Crippen LogP) is 2.44. The summed E-state index contributed by atoms with van der Waals surface area (Å²) in [6.45, 7) is 2.81. The predicted molar refractivity (Wildman–Crippen MR) is 99.1 cm³/mol. The quantitative estimate of drug-likeness (QED) is 0.766. The molecule has 1 N–H and O–H groups in total. The van der Waals surface area contributed by atoms with Crippen molar-refractivity contribution in [3.05, 3.63) is 46.5 Å². The third kappa shape index (κ3) is 4.97. The van der Waals surface area contributed by atoms with Crippen molar-refractivity contribution < 1.29 is 23.5 Å². The number of carbonyl (C=O) groups is 3. The molecule has 0 radical (unpaired) electrons. The van der Waals surface area contributed by atoms with Crippen molar-refractivity contribution in [3.8, 4) is 0 Å². The fourth-order valence-electron chi connectivity index (χ4n) is 2.93. The molecule has 0 bridgehead atoms. The highest BCUT2D eigenvalue weighted by Crippen LogP contribution is 2.22. The number of esters is 1. The highest BCUT2D eigenvalue weighted by atomic mass is 32.1. The summed E-state index contributed by atoms with van der Waals surface area (Å²) in [7, 11) is 0. The first-order chi connectivity index (χ1) is 13.0. The number of carbonyl (C=O) groups excluding carboxylic acids is 3. The van der Waals surface area contributed by atoms with E-state index in [1.54, 1.807) is 30.0 Å². The van der Waals surface area contributed by atoms with Gasteiger partial charge in [0.25, 0.3) is 11.8 Å². The first-order valence-corrected chi connectivity index (χ1v) is 9.76. The number of hydrogen-bond donors (Lipinski definition) is 1. The van der Waals surface area contributed by atoms with E-state index in [1.807, 2.05) is 11.4 Å². The Labute approximate surface area is 161 Å². The summed E-state index contributed by atoms with van der Waals surface area (Å²) in [4.78, 5) is 39.2. The van der Waals surface area contributed by atoms with Gasteiger partial charge in [-0.3, -0.25) is 14.4 Å². The topological polar surface area (TPSA) is 88.8 Å². The zero-order chi connectivity index (χ0) is 19.2. The van der Waals surface area contributed by atoms with E-state index >= 15 is 0 Å². The van der Waals surface area contributed by atoms with Gasteiger partial charge in [-0.1, -0.05) is 6.07 Å². The van der Waals surface area contributed by atoms with E-state index in [0.717, 1.165) is 0 Å². The van der Waals surface area contributed by atoms with E-state index < -0.39 is 6.10 Å². The summed E-state index contributed by atoms with van der Waals surface area (Å²) in [5.41, 5.74) is 0. The van der Waals surface area contributed by atoms with Crippen LogP contribution >= 0.6 is 11.3 Å². The first-order valence-electron chi connectivity index (χ1n) is 8.88. The summed E-state index contributed by atoms with van der Waals surface area (Å²) in [6.07, 6.45) is 1.73. The van der Waals surface area contributed by atoms with E-state index in [1.165, 1.54) is 17.6 Å². The Morgan fingerprint density at radius 2 is 2.07 bits per heavy atom. The number of hydrogen-bond acceptors (Lipinski definition) is 6. The van der Waals surface area contributed by atoms with Crippen LogP contribution < -0.4 is 5.32 Å². The molecule has 0 unspecified atom stereocenters. The third-order valence-corrected chi connectivity index (χ3v) is 5.38. The molecule has 144 valence electrons. The van der Waals surface area contributed by atoms with Crippen molar-refractivity contribution in [2.24, 2.45) is 5.92 Å². The lowest BCUT2D eigenvalue weighted by molar-refractivity contribution is -0.160. The van der Waals surface area contributed by atoms with Crippen molar-refractivity contribution in [2.75, 3.05) is 13.1 Å². The van der Waals surface area contributed by atoms with Crippen molar-refractivity contribution >= 4 is 29.1 Å². The molecular weight excluding hydrogens is 368 g/mol. The van der Waals surface area contributed by atoms with E-state index in [4.69, 9.17) is 9.15 Å². The largest absolute Gasteiger partial charge is 0.467 e. The molecule has 2 aromatic heterocycles. The summed E-state index contributed by atoms with van der Waals surface area (Å²) >= 11 is 1.41. The van der Waals surface area contributed by atoms with Gasteiger partial charge < -0.3 is 19.4 Å². The Morgan fingerprint density at radius 1 is 1.30 bits per heavy atom. The minimum absolute atomic E-state index is 0.00230. The summed E-state index contributed by atoms with van der Waals surface area (Å²) in [6, 6.07) is 7.14. The summed E-state index contributed by atoms with van der Waals surface area (Å²) in [5, 5.41) is 4.54. The summed E-state index contributed by atoms with van der Waals surface area (Å²) < 4.78 is 10.4. The number of amides is 2. The molecule has 3 rings (SSSR count). The lowest BCUT2D eigenvalue weighted by atomic mass is 9.97. The van der Waals surface area contributed by atoms with Crippen LogP contribution in [0.3, 0.4) is 0 Å². The second kappa shape index (κ2) is 8.85. The number of ether oxygens (including phenoxy) is 1. The molecular formula is C19H22N2O5S. The van der Waals surface area contributed by atoms with Gasteiger partial charge in [0.15, 0.2) is 6.10 Å². The normalized spacial score (nSPS) is 16.0. The first kappa shape index (κ1) is 19.2. The van der Waals surface area contributed by atoms with Crippen molar-refractivity contribution in [2.45, 2.75) is 32.4 Å². The number of rotatable bonds is 6. The highest BCUT2D eigenvalue weighted by molar-refractivity contribution is 7.12. The Morgan fingerprint density at radius 3 is 2.70 bits per heavy atom. The molecule has 1 fully saturated rings. The molecule has 0 spiro atoms. The van der Waals surface area contributed by atoms with Crippen LogP contribution in [0.5, 0.6) is 0 Å². The van der Waals surface area contributed by atoms with Gasteiger partial charge in [0.05, 0.1) is 23.6 Å². The Hall–Kier alpha value is -2.61. The molecule has 3 heterocycles. The molecule has 1 atom stereocenters. The van der Waals surface area contributed by atoms with Gasteiger partial charge >= 0.3 is 5.97 Å². The van der Waals surface area contributed by atoms with Crippen LogP contribution in [-0.2, 0) is 20.9 Å². The number of piperidine rings is 1. The van der Waals surface area contributed by atoms with Gasteiger partial charge in [0.1, 0.15) is 5.76 Å². The SMILES string of the molecule is C[C@@H](OC(=O)C1CCN(C(=O)c2cccs2)CC1)C(=O)NCc1ccco1. The zero-order valence-corrected chi connectivity index (χ0v) is 15.9. The van der Waals surface area contributed by atoms with Crippen LogP contribution in [0.1, 0.15) is 35.2 Å². The molecule has 1 aliphatic rings. The number of furan rings is 1. The molecule has 2 amide bonds. The van der Waals surface area contributed by atoms with Crippen molar-refractivity contribution in [1.82, 2.24) is 10.2 Å². The third-order valence-electron chi connectivity index (χ3n) is 4.53. The van der Waals surface area contributed by atoms with Crippen LogP contribution in [0.15, 0.2) is 40.3 Å². The lowest BCUT2D eigenvalue weighted by Gasteiger charge is -2.31. The smallest absolute Gasteiger partial charge is 0.309 e. The minimum Gasteiger partial charge on any atom is -0.467 e. The Kier molecular flexibility index (Phi) is 6.28. The zero-order valence-electron chi connectivity index (χ0n) is 15.1. The van der Waals surface area contributed by atoms with Crippen LogP contribution in [0.2, 0.25) is 0 Å². The van der Waals surface area contributed by atoms with Crippen LogP contribution in [0.4, 0.5) is 0 Å². The monoisotopic (exact) mass is 390 g/mol. The minimum atomic E-state index is -0.877. The second-order valence-corrected chi connectivity index (χ2v) is 7.37. The molecule has 0 aliphatic carbocycles. The Bertz CT molecular complexity index is 764. The van der Waals surface area contributed by atoms with E-state index in [-0.39, 0.29) is 30.2 Å². The highest BCUT2D eigenvalue weighted by Gasteiger charge is 2.30. The molecule has 27 heavy (non-hydrogen) atoms. The van der Waals surface area contributed by atoms with Crippen LogP contribution in [-0.4, -0.2) is 41.9 Å².